The monoisotopic (exact) mass is 428 g/mol. The van der Waals surface area contributed by atoms with Gasteiger partial charge in [-0.05, 0) is 37.5 Å². The molecular weight excluding hydrogens is 409 g/mol. The van der Waals surface area contributed by atoms with E-state index < -0.39 is 31.7 Å². The molecule has 0 atom stereocenters. The first-order valence-electron chi connectivity index (χ1n) is 8.33. The molecule has 0 unspecified atom stereocenters. The molecular formula is C16H20ClF3N2O4S. The van der Waals surface area contributed by atoms with Gasteiger partial charge >= 0.3 is 6.18 Å². The van der Waals surface area contributed by atoms with Gasteiger partial charge in [-0.1, -0.05) is 11.6 Å². The lowest BCUT2D eigenvalue weighted by molar-refractivity contribution is -0.137. The lowest BCUT2D eigenvalue weighted by Crippen LogP contribution is -2.43. The molecule has 0 aliphatic carbocycles. The number of aliphatic hydroxyl groups is 1. The van der Waals surface area contributed by atoms with Crippen molar-refractivity contribution < 1.29 is 31.5 Å². The second-order valence-corrected chi connectivity index (χ2v) is 8.53. The van der Waals surface area contributed by atoms with Gasteiger partial charge in [-0.2, -0.15) is 17.5 Å². The average molecular weight is 429 g/mol. The number of nitrogens with zero attached hydrogens (tertiary/aromatic N) is 1. The van der Waals surface area contributed by atoms with Crippen molar-refractivity contribution in [3.8, 4) is 0 Å². The Hall–Kier alpha value is -1.36. The number of piperidine rings is 1. The van der Waals surface area contributed by atoms with E-state index >= 15 is 0 Å². The molecule has 2 N–H and O–H groups in total. The van der Waals surface area contributed by atoms with Crippen LogP contribution in [-0.2, 0) is 21.0 Å². The molecule has 0 radical (unpaired) electrons. The first-order valence-corrected chi connectivity index (χ1v) is 10.1. The van der Waals surface area contributed by atoms with Crippen molar-refractivity contribution in [3.05, 3.63) is 28.8 Å². The Balaban J connectivity index is 2.08. The lowest BCUT2D eigenvalue weighted by atomic mass is 9.97. The summed E-state index contributed by atoms with van der Waals surface area (Å²) >= 11 is 5.53. The molecule has 0 saturated carbocycles. The normalized spacial score (nSPS) is 17.1. The van der Waals surface area contributed by atoms with Gasteiger partial charge in [0.05, 0.1) is 15.5 Å². The summed E-state index contributed by atoms with van der Waals surface area (Å²) in [6.45, 7) is 0.353. The molecule has 0 spiro atoms. The summed E-state index contributed by atoms with van der Waals surface area (Å²) in [5, 5.41) is 10.8. The third kappa shape index (κ3) is 5.34. The highest BCUT2D eigenvalue weighted by Crippen LogP contribution is 2.36. The number of hydrogen-bond donors (Lipinski definition) is 2. The molecule has 1 aliphatic rings. The summed E-state index contributed by atoms with van der Waals surface area (Å²) in [6.07, 6.45) is -3.80. The van der Waals surface area contributed by atoms with E-state index in [1.807, 2.05) is 0 Å². The smallest absolute Gasteiger partial charge is 0.396 e. The fraction of sp³-hybridized carbons (Fsp3) is 0.562. The molecule has 0 aromatic heterocycles. The lowest BCUT2D eigenvalue weighted by Gasteiger charge is -2.30. The summed E-state index contributed by atoms with van der Waals surface area (Å²) in [5.41, 5.74) is -1.21. The highest BCUT2D eigenvalue weighted by atomic mass is 35.5. The van der Waals surface area contributed by atoms with Crippen LogP contribution in [0, 0.1) is 5.92 Å². The van der Waals surface area contributed by atoms with Crippen molar-refractivity contribution in [1.82, 2.24) is 9.62 Å². The SMILES string of the molecule is O=C(NCCCO)C1CCN(S(=O)(=O)c2ccc(Cl)c(C(F)(F)F)c2)CC1. The number of rotatable bonds is 6. The maximum Gasteiger partial charge on any atom is 0.417 e. The Morgan fingerprint density at radius 1 is 1.30 bits per heavy atom. The number of carbonyl (C=O) groups is 1. The number of halogens is 4. The number of sulfonamides is 1. The van der Waals surface area contributed by atoms with Gasteiger partial charge in [-0.3, -0.25) is 4.79 Å². The zero-order valence-electron chi connectivity index (χ0n) is 14.3. The van der Waals surface area contributed by atoms with Gasteiger partial charge in [0.2, 0.25) is 15.9 Å². The highest BCUT2D eigenvalue weighted by Gasteiger charge is 2.36. The molecule has 1 amide bonds. The summed E-state index contributed by atoms with van der Waals surface area (Å²) in [4.78, 5) is 11.5. The van der Waals surface area contributed by atoms with E-state index in [-0.39, 0.29) is 44.4 Å². The molecule has 27 heavy (non-hydrogen) atoms. The number of amides is 1. The standard InChI is InChI=1S/C16H20ClF3N2O4S/c17-14-3-2-12(10-13(14)16(18,19)20)27(25,26)22-7-4-11(5-8-22)15(24)21-6-1-9-23/h2-3,10-11,23H,1,4-9H2,(H,21,24). The zero-order valence-corrected chi connectivity index (χ0v) is 15.9. The molecule has 2 rings (SSSR count). The van der Waals surface area contributed by atoms with E-state index in [0.29, 0.717) is 19.0 Å². The molecule has 152 valence electrons. The second-order valence-electron chi connectivity index (χ2n) is 6.19. The van der Waals surface area contributed by atoms with Gasteiger partial charge in [0.25, 0.3) is 0 Å². The average Bonchev–Trinajstić information content (AvgIpc) is 2.61. The fourth-order valence-electron chi connectivity index (χ4n) is 2.82. The third-order valence-corrected chi connectivity index (χ3v) is 6.56. The van der Waals surface area contributed by atoms with E-state index in [1.54, 1.807) is 0 Å². The van der Waals surface area contributed by atoms with Crippen LogP contribution in [0.1, 0.15) is 24.8 Å². The second kappa shape index (κ2) is 8.76. The van der Waals surface area contributed by atoms with Crippen LogP contribution in [0.4, 0.5) is 13.2 Å². The largest absolute Gasteiger partial charge is 0.417 e. The number of hydrogen-bond acceptors (Lipinski definition) is 4. The Morgan fingerprint density at radius 3 is 2.48 bits per heavy atom. The van der Waals surface area contributed by atoms with Gasteiger partial charge in [-0.15, -0.1) is 0 Å². The van der Waals surface area contributed by atoms with Crippen LogP contribution in [0.25, 0.3) is 0 Å². The quantitative estimate of drug-likeness (QED) is 0.680. The molecule has 1 aromatic carbocycles. The van der Waals surface area contributed by atoms with Crippen molar-refractivity contribution in [3.63, 3.8) is 0 Å². The van der Waals surface area contributed by atoms with Gasteiger partial charge in [-0.25, -0.2) is 8.42 Å². The highest BCUT2D eigenvalue weighted by molar-refractivity contribution is 7.89. The molecule has 1 heterocycles. The topological polar surface area (TPSA) is 86.7 Å². The van der Waals surface area contributed by atoms with Gasteiger partial charge < -0.3 is 10.4 Å². The van der Waals surface area contributed by atoms with Crippen molar-refractivity contribution >= 4 is 27.5 Å². The summed E-state index contributed by atoms with van der Waals surface area (Å²) in [7, 11) is -4.12. The maximum absolute atomic E-state index is 13.0. The van der Waals surface area contributed by atoms with Crippen LogP contribution in [0.2, 0.25) is 5.02 Å². The number of aliphatic hydroxyl groups excluding tert-OH is 1. The molecule has 11 heteroatoms. The van der Waals surface area contributed by atoms with Crippen LogP contribution in [0.3, 0.4) is 0 Å². The minimum absolute atomic E-state index is 0.0321. The van der Waals surface area contributed by atoms with Crippen molar-refractivity contribution in [2.24, 2.45) is 5.92 Å². The predicted octanol–water partition coefficient (Wildman–Crippen LogP) is 2.26. The Morgan fingerprint density at radius 2 is 1.93 bits per heavy atom. The molecule has 1 fully saturated rings. The van der Waals surface area contributed by atoms with E-state index in [1.165, 1.54) is 0 Å². The minimum atomic E-state index is -4.76. The van der Waals surface area contributed by atoms with Gasteiger partial charge in [0, 0.05) is 32.2 Å². The third-order valence-electron chi connectivity index (χ3n) is 4.34. The Labute approximate surface area is 160 Å². The fourth-order valence-corrected chi connectivity index (χ4v) is 4.55. The summed E-state index contributed by atoms with van der Waals surface area (Å²) in [6, 6.07) is 2.49. The molecule has 6 nitrogen and oxygen atoms in total. The Bertz CT molecular complexity index is 778. The van der Waals surface area contributed by atoms with Crippen LogP contribution in [-0.4, -0.2) is 50.0 Å². The van der Waals surface area contributed by atoms with Crippen LogP contribution in [0.5, 0.6) is 0 Å². The van der Waals surface area contributed by atoms with Crippen LogP contribution in [0.15, 0.2) is 23.1 Å². The number of carbonyl (C=O) groups excluding carboxylic acids is 1. The summed E-state index contributed by atoms with van der Waals surface area (Å²) < 4.78 is 65.3. The molecule has 1 saturated heterocycles. The molecule has 1 aliphatic heterocycles. The van der Waals surface area contributed by atoms with Crippen molar-refractivity contribution in [2.45, 2.75) is 30.3 Å². The van der Waals surface area contributed by atoms with Gasteiger partial charge in [0.1, 0.15) is 0 Å². The summed E-state index contributed by atoms with van der Waals surface area (Å²) in [5.74, 6) is -0.586. The zero-order chi connectivity index (χ0) is 20.2. The van der Waals surface area contributed by atoms with Crippen molar-refractivity contribution in [2.75, 3.05) is 26.2 Å². The van der Waals surface area contributed by atoms with E-state index in [2.05, 4.69) is 5.32 Å². The van der Waals surface area contributed by atoms with E-state index in [4.69, 9.17) is 16.7 Å². The van der Waals surface area contributed by atoms with Crippen LogP contribution < -0.4 is 5.32 Å². The molecule has 1 aromatic rings. The first-order chi connectivity index (χ1) is 12.6. The first kappa shape index (κ1) is 21.9. The van der Waals surface area contributed by atoms with E-state index in [9.17, 15) is 26.4 Å². The number of alkyl halides is 3. The molecule has 0 bridgehead atoms. The maximum atomic E-state index is 13.0. The van der Waals surface area contributed by atoms with E-state index in [0.717, 1.165) is 16.4 Å². The predicted molar refractivity (Wildman–Crippen MR) is 92.6 cm³/mol. The Kier molecular flexibility index (Phi) is 7.12. The minimum Gasteiger partial charge on any atom is -0.396 e. The number of nitrogens with one attached hydrogen (secondary N) is 1. The van der Waals surface area contributed by atoms with Crippen LogP contribution >= 0.6 is 11.6 Å². The van der Waals surface area contributed by atoms with Gasteiger partial charge in [0.15, 0.2) is 0 Å². The van der Waals surface area contributed by atoms with Crippen molar-refractivity contribution in [1.29, 1.82) is 0 Å². The number of benzene rings is 1.